The van der Waals surface area contributed by atoms with Crippen LogP contribution in [0, 0.1) is 0 Å². The number of hydrogen-bond acceptors (Lipinski definition) is 5. The summed E-state index contributed by atoms with van der Waals surface area (Å²) in [6.07, 6.45) is -0.353. The predicted molar refractivity (Wildman–Crippen MR) is 122 cm³/mol. The zero-order valence-corrected chi connectivity index (χ0v) is 19.2. The lowest BCUT2D eigenvalue weighted by atomic mass is 9.79. The first kappa shape index (κ1) is 22.6. The van der Waals surface area contributed by atoms with Crippen molar-refractivity contribution in [2.75, 3.05) is 46.9 Å². The second-order valence-corrected chi connectivity index (χ2v) is 8.21. The monoisotopic (exact) mass is 451 g/mol. The molecule has 4 rings (SSSR count). The molecule has 0 aliphatic carbocycles. The summed E-state index contributed by atoms with van der Waals surface area (Å²) in [5.41, 5.74) is 2.15. The van der Waals surface area contributed by atoms with Gasteiger partial charge >= 0.3 is 6.09 Å². The number of likely N-dealkylation sites (N-methyl/N-ethyl adjacent to an activating group) is 1. The zero-order chi connectivity index (χ0) is 23.5. The molecule has 0 radical (unpaired) electrons. The SMILES string of the molecule is CCOC(=O)N1CCN(C(=O)[C@@H]2c3ccccc3C(=O)N(C)[C@H]2c2ccc(OC)cc2)CC1. The molecule has 3 amide bonds. The summed E-state index contributed by atoms with van der Waals surface area (Å²) in [7, 11) is 3.34. The van der Waals surface area contributed by atoms with Crippen molar-refractivity contribution in [3.8, 4) is 5.75 Å². The Kier molecular flexibility index (Phi) is 6.53. The Balaban J connectivity index is 1.66. The van der Waals surface area contributed by atoms with Gasteiger partial charge in [0.2, 0.25) is 5.91 Å². The molecule has 0 spiro atoms. The van der Waals surface area contributed by atoms with Gasteiger partial charge in [0.25, 0.3) is 5.91 Å². The molecule has 0 saturated carbocycles. The fraction of sp³-hybridized carbons (Fsp3) is 0.400. The molecular weight excluding hydrogens is 422 g/mol. The third-order valence-electron chi connectivity index (χ3n) is 6.42. The summed E-state index contributed by atoms with van der Waals surface area (Å²) in [5.74, 6) is 0.00191. The number of hydrogen-bond donors (Lipinski definition) is 0. The van der Waals surface area contributed by atoms with E-state index in [0.29, 0.717) is 44.1 Å². The van der Waals surface area contributed by atoms with Gasteiger partial charge in [-0.25, -0.2) is 4.79 Å². The van der Waals surface area contributed by atoms with Crippen molar-refractivity contribution in [3.05, 3.63) is 65.2 Å². The van der Waals surface area contributed by atoms with Gasteiger partial charge in [-0.2, -0.15) is 0 Å². The minimum atomic E-state index is -0.550. The Hall–Kier alpha value is -3.55. The van der Waals surface area contributed by atoms with Crippen molar-refractivity contribution in [2.24, 2.45) is 0 Å². The van der Waals surface area contributed by atoms with E-state index in [1.165, 1.54) is 0 Å². The molecule has 2 heterocycles. The number of piperazine rings is 1. The summed E-state index contributed by atoms with van der Waals surface area (Å²) in [6.45, 7) is 3.77. The van der Waals surface area contributed by atoms with Crippen molar-refractivity contribution >= 4 is 17.9 Å². The molecule has 33 heavy (non-hydrogen) atoms. The molecule has 0 bridgehead atoms. The zero-order valence-electron chi connectivity index (χ0n) is 19.2. The van der Waals surface area contributed by atoms with Crippen LogP contribution in [0.4, 0.5) is 4.79 Å². The quantitative estimate of drug-likeness (QED) is 0.714. The summed E-state index contributed by atoms with van der Waals surface area (Å²) >= 11 is 0. The van der Waals surface area contributed by atoms with E-state index < -0.39 is 12.0 Å². The highest BCUT2D eigenvalue weighted by atomic mass is 16.6. The standard InChI is InChI=1S/C25H29N3O5/c1-4-33-25(31)28-15-13-27(14-16-28)24(30)21-19-7-5-6-8-20(19)23(29)26(2)22(21)17-9-11-18(32-3)12-10-17/h5-12,21-22H,4,13-16H2,1-3H3/t21-,22+/m1/s1. The minimum absolute atomic E-state index is 0.0499. The molecule has 2 aliphatic rings. The minimum Gasteiger partial charge on any atom is -0.497 e. The maximum Gasteiger partial charge on any atom is 0.409 e. The van der Waals surface area contributed by atoms with Crippen molar-refractivity contribution < 1.29 is 23.9 Å². The topological polar surface area (TPSA) is 79.4 Å². The lowest BCUT2D eigenvalue weighted by Crippen LogP contribution is -2.54. The highest BCUT2D eigenvalue weighted by Crippen LogP contribution is 2.43. The van der Waals surface area contributed by atoms with Crippen molar-refractivity contribution in [2.45, 2.75) is 18.9 Å². The molecule has 2 aromatic carbocycles. The largest absolute Gasteiger partial charge is 0.497 e. The molecule has 1 fully saturated rings. The van der Waals surface area contributed by atoms with Crippen LogP contribution < -0.4 is 4.74 Å². The maximum atomic E-state index is 13.9. The number of ether oxygens (including phenoxy) is 2. The Bertz CT molecular complexity index is 1030. The normalized spacial score (nSPS) is 20.3. The molecule has 2 aromatic rings. The summed E-state index contributed by atoms with van der Waals surface area (Å²) in [4.78, 5) is 44.2. The van der Waals surface area contributed by atoms with Gasteiger partial charge in [-0.1, -0.05) is 30.3 Å². The lowest BCUT2D eigenvalue weighted by molar-refractivity contribution is -0.136. The van der Waals surface area contributed by atoms with Gasteiger partial charge in [-0.3, -0.25) is 9.59 Å². The molecule has 8 nitrogen and oxygen atoms in total. The number of carbonyl (C=O) groups is 3. The van der Waals surface area contributed by atoms with Crippen LogP contribution in [0.25, 0.3) is 0 Å². The summed E-state index contributed by atoms with van der Waals surface area (Å²) < 4.78 is 10.4. The maximum absolute atomic E-state index is 13.9. The van der Waals surface area contributed by atoms with E-state index in [1.807, 2.05) is 42.5 Å². The second kappa shape index (κ2) is 9.52. The number of rotatable bonds is 4. The van der Waals surface area contributed by atoms with Crippen molar-refractivity contribution in [3.63, 3.8) is 0 Å². The van der Waals surface area contributed by atoms with Crippen LogP contribution in [0.1, 0.15) is 40.4 Å². The average molecular weight is 452 g/mol. The first-order valence-electron chi connectivity index (χ1n) is 11.2. The van der Waals surface area contributed by atoms with E-state index in [9.17, 15) is 14.4 Å². The van der Waals surface area contributed by atoms with Gasteiger partial charge < -0.3 is 24.2 Å². The Morgan fingerprint density at radius 1 is 0.970 bits per heavy atom. The summed E-state index contributed by atoms with van der Waals surface area (Å²) in [6, 6.07) is 14.4. The van der Waals surface area contributed by atoms with E-state index in [2.05, 4.69) is 0 Å². The van der Waals surface area contributed by atoms with Crippen LogP contribution in [0.15, 0.2) is 48.5 Å². The average Bonchev–Trinajstić information content (AvgIpc) is 2.86. The number of fused-ring (bicyclic) bond motifs is 1. The highest BCUT2D eigenvalue weighted by Gasteiger charge is 2.44. The fourth-order valence-electron chi connectivity index (χ4n) is 4.68. The number of carbonyl (C=O) groups excluding carboxylic acids is 3. The van der Waals surface area contributed by atoms with Crippen LogP contribution in [-0.2, 0) is 9.53 Å². The first-order chi connectivity index (χ1) is 16.0. The Morgan fingerprint density at radius 2 is 1.61 bits per heavy atom. The van der Waals surface area contributed by atoms with Crippen molar-refractivity contribution in [1.82, 2.24) is 14.7 Å². The smallest absolute Gasteiger partial charge is 0.409 e. The van der Waals surface area contributed by atoms with E-state index in [4.69, 9.17) is 9.47 Å². The van der Waals surface area contributed by atoms with E-state index in [1.54, 1.807) is 41.8 Å². The second-order valence-electron chi connectivity index (χ2n) is 8.21. The van der Waals surface area contributed by atoms with E-state index in [0.717, 1.165) is 11.1 Å². The molecule has 1 saturated heterocycles. The summed E-state index contributed by atoms with van der Waals surface area (Å²) in [5, 5.41) is 0. The van der Waals surface area contributed by atoms with Crippen molar-refractivity contribution in [1.29, 1.82) is 0 Å². The van der Waals surface area contributed by atoms with Crippen LogP contribution in [-0.4, -0.2) is 79.6 Å². The van der Waals surface area contributed by atoms with Crippen LogP contribution >= 0.6 is 0 Å². The van der Waals surface area contributed by atoms with Gasteiger partial charge in [-0.05, 0) is 36.2 Å². The molecule has 2 atom stereocenters. The van der Waals surface area contributed by atoms with Crippen LogP contribution in [0.2, 0.25) is 0 Å². The fourth-order valence-corrected chi connectivity index (χ4v) is 4.68. The van der Waals surface area contributed by atoms with E-state index >= 15 is 0 Å². The van der Waals surface area contributed by atoms with Gasteiger partial charge in [0, 0.05) is 38.8 Å². The number of methoxy groups -OCH3 is 1. The first-order valence-corrected chi connectivity index (χ1v) is 11.2. The van der Waals surface area contributed by atoms with E-state index in [-0.39, 0.29) is 17.9 Å². The number of benzene rings is 2. The molecular formula is C25H29N3O5. The third kappa shape index (κ3) is 4.25. The predicted octanol–water partition coefficient (Wildman–Crippen LogP) is 2.91. The van der Waals surface area contributed by atoms with Crippen LogP contribution in [0.3, 0.4) is 0 Å². The third-order valence-corrected chi connectivity index (χ3v) is 6.42. The number of amides is 3. The molecule has 174 valence electrons. The molecule has 2 aliphatic heterocycles. The Labute approximate surface area is 193 Å². The van der Waals surface area contributed by atoms with Gasteiger partial charge in [-0.15, -0.1) is 0 Å². The van der Waals surface area contributed by atoms with Gasteiger partial charge in [0.15, 0.2) is 0 Å². The molecule has 0 N–H and O–H groups in total. The van der Waals surface area contributed by atoms with Gasteiger partial charge in [0.1, 0.15) is 5.75 Å². The van der Waals surface area contributed by atoms with Gasteiger partial charge in [0.05, 0.1) is 25.7 Å². The number of nitrogens with zero attached hydrogens (tertiary/aromatic N) is 3. The molecule has 0 unspecified atom stereocenters. The Morgan fingerprint density at radius 3 is 2.24 bits per heavy atom. The molecule has 0 aromatic heterocycles. The molecule has 8 heteroatoms. The highest BCUT2D eigenvalue weighted by molar-refractivity contribution is 6.01. The lowest BCUT2D eigenvalue weighted by Gasteiger charge is -2.43. The van der Waals surface area contributed by atoms with Crippen LogP contribution in [0.5, 0.6) is 5.75 Å².